The van der Waals surface area contributed by atoms with Crippen LogP contribution in [-0.4, -0.2) is 14.2 Å². The molecule has 114 valence electrons. The molecule has 0 bridgehead atoms. The fourth-order valence-corrected chi connectivity index (χ4v) is 2.98. The van der Waals surface area contributed by atoms with Crippen LogP contribution in [0.3, 0.4) is 0 Å². The van der Waals surface area contributed by atoms with Crippen molar-refractivity contribution in [1.29, 1.82) is 0 Å². The zero-order chi connectivity index (χ0) is 16.2. The summed E-state index contributed by atoms with van der Waals surface area (Å²) in [7, 11) is -3.37. The molecular weight excluding hydrogens is 292 g/mol. The molecule has 2 aromatic carbocycles. The average Bonchev–Trinajstić information content (AvgIpc) is 2.47. The van der Waals surface area contributed by atoms with Crippen molar-refractivity contribution in [1.82, 2.24) is 0 Å². The van der Waals surface area contributed by atoms with E-state index in [1.165, 1.54) is 0 Å². The minimum Gasteiger partial charge on any atom is -0.223 e. The molecule has 0 heterocycles. The summed E-state index contributed by atoms with van der Waals surface area (Å²) < 4.78 is 24.6. The van der Waals surface area contributed by atoms with Crippen LogP contribution in [0.5, 0.6) is 0 Å². The highest BCUT2D eigenvalue weighted by atomic mass is 32.2. The van der Waals surface area contributed by atoms with Crippen LogP contribution in [0.25, 0.3) is 0 Å². The topological polar surface area (TPSA) is 34.1 Å². The third-order valence-electron chi connectivity index (χ3n) is 3.35. The predicted octanol–water partition coefficient (Wildman–Crippen LogP) is 3.81. The van der Waals surface area contributed by atoms with Crippen LogP contribution >= 0.6 is 0 Å². The molecule has 0 fully saturated rings. The van der Waals surface area contributed by atoms with Gasteiger partial charge in [0, 0.05) is 5.56 Å². The van der Waals surface area contributed by atoms with Gasteiger partial charge >= 0.3 is 0 Å². The Morgan fingerprint density at radius 2 is 1.50 bits per heavy atom. The van der Waals surface area contributed by atoms with Gasteiger partial charge in [-0.3, -0.25) is 0 Å². The van der Waals surface area contributed by atoms with E-state index in [2.05, 4.69) is 32.6 Å². The Morgan fingerprint density at radius 3 is 2.05 bits per heavy atom. The maximum atomic E-state index is 12.3. The van der Waals surface area contributed by atoms with Crippen molar-refractivity contribution >= 4 is 9.84 Å². The van der Waals surface area contributed by atoms with E-state index < -0.39 is 9.84 Å². The Balaban J connectivity index is 2.16. The van der Waals surface area contributed by atoms with Crippen LogP contribution < -0.4 is 0 Å². The van der Waals surface area contributed by atoms with Gasteiger partial charge in [0.2, 0.25) is 0 Å². The van der Waals surface area contributed by atoms with Gasteiger partial charge in [-0.1, -0.05) is 62.9 Å². The molecule has 0 aliphatic carbocycles. The molecule has 0 aliphatic rings. The van der Waals surface area contributed by atoms with E-state index in [9.17, 15) is 8.42 Å². The van der Waals surface area contributed by atoms with E-state index in [0.717, 1.165) is 11.1 Å². The Morgan fingerprint density at radius 1 is 0.909 bits per heavy atom. The lowest BCUT2D eigenvalue weighted by Crippen LogP contribution is -2.12. The lowest BCUT2D eigenvalue weighted by atomic mass is 9.87. The normalized spacial score (nSPS) is 11.6. The number of benzene rings is 2. The van der Waals surface area contributed by atoms with Gasteiger partial charge in [-0.15, -0.1) is 0 Å². The first-order chi connectivity index (χ1) is 10.3. The standard InChI is InChI=1S/C19H20O2S/c1-19(2,3)17-11-13-18(14-12-17)22(20,21)15-7-10-16-8-5-4-6-9-16/h4-6,8-9,11-14H,15H2,1-3H3. The van der Waals surface area contributed by atoms with Crippen LogP contribution in [0.4, 0.5) is 0 Å². The molecule has 0 aliphatic heterocycles. The van der Waals surface area contributed by atoms with Crippen LogP contribution in [0.2, 0.25) is 0 Å². The molecule has 2 rings (SSSR count). The second-order valence-electron chi connectivity index (χ2n) is 6.20. The Kier molecular flexibility index (Phi) is 4.73. The van der Waals surface area contributed by atoms with Crippen LogP contribution in [0, 0.1) is 11.8 Å². The third-order valence-corrected chi connectivity index (χ3v) is 4.86. The number of hydrogen-bond acceptors (Lipinski definition) is 2. The highest BCUT2D eigenvalue weighted by Gasteiger charge is 2.16. The first-order valence-electron chi connectivity index (χ1n) is 7.16. The van der Waals surface area contributed by atoms with E-state index in [-0.39, 0.29) is 11.2 Å². The number of sulfone groups is 1. The summed E-state index contributed by atoms with van der Waals surface area (Å²) in [6.45, 7) is 6.30. The molecular formula is C19H20O2S. The number of hydrogen-bond donors (Lipinski definition) is 0. The fraction of sp³-hybridized carbons (Fsp3) is 0.263. The first-order valence-corrected chi connectivity index (χ1v) is 8.81. The minimum absolute atomic E-state index is 0.00933. The molecule has 2 aromatic rings. The second kappa shape index (κ2) is 6.37. The maximum absolute atomic E-state index is 12.3. The lowest BCUT2D eigenvalue weighted by molar-refractivity contribution is 0.587. The van der Waals surface area contributed by atoms with Gasteiger partial charge in [-0.25, -0.2) is 8.42 Å². The van der Waals surface area contributed by atoms with Gasteiger partial charge < -0.3 is 0 Å². The molecule has 0 radical (unpaired) electrons. The average molecular weight is 312 g/mol. The molecule has 0 aromatic heterocycles. The van der Waals surface area contributed by atoms with Gasteiger partial charge in [-0.2, -0.15) is 0 Å². The molecule has 2 nitrogen and oxygen atoms in total. The van der Waals surface area contributed by atoms with Crippen molar-refractivity contribution < 1.29 is 8.42 Å². The summed E-state index contributed by atoms with van der Waals surface area (Å²) in [5.74, 6) is 5.45. The molecule has 0 spiro atoms. The van der Waals surface area contributed by atoms with Gasteiger partial charge in [0.05, 0.1) is 4.90 Å². The summed E-state index contributed by atoms with van der Waals surface area (Å²) in [6, 6.07) is 16.5. The van der Waals surface area contributed by atoms with Gasteiger partial charge in [0.25, 0.3) is 0 Å². The van der Waals surface area contributed by atoms with E-state index in [1.807, 2.05) is 42.5 Å². The molecule has 0 atom stereocenters. The quantitative estimate of drug-likeness (QED) is 0.790. The SMILES string of the molecule is CC(C)(C)c1ccc(S(=O)(=O)CC#Cc2ccccc2)cc1. The van der Waals surface area contributed by atoms with Crippen molar-refractivity contribution in [3.63, 3.8) is 0 Å². The summed E-state index contributed by atoms with van der Waals surface area (Å²) in [4.78, 5) is 0.322. The van der Waals surface area contributed by atoms with Crippen molar-refractivity contribution in [3.05, 3.63) is 65.7 Å². The van der Waals surface area contributed by atoms with Gasteiger partial charge in [0.1, 0.15) is 5.75 Å². The maximum Gasteiger partial charge on any atom is 0.189 e. The summed E-state index contributed by atoms with van der Waals surface area (Å²) in [5, 5.41) is 0. The highest BCUT2D eigenvalue weighted by molar-refractivity contribution is 7.91. The smallest absolute Gasteiger partial charge is 0.189 e. The Bertz CT molecular complexity index is 784. The van der Waals surface area contributed by atoms with Crippen molar-refractivity contribution in [3.8, 4) is 11.8 Å². The summed E-state index contributed by atoms with van der Waals surface area (Å²) in [5.41, 5.74) is 1.94. The fourth-order valence-electron chi connectivity index (χ4n) is 2.00. The monoisotopic (exact) mass is 312 g/mol. The van der Waals surface area contributed by atoms with Crippen LogP contribution in [0.1, 0.15) is 31.9 Å². The lowest BCUT2D eigenvalue weighted by Gasteiger charge is -2.18. The van der Waals surface area contributed by atoms with E-state index >= 15 is 0 Å². The van der Waals surface area contributed by atoms with Crippen LogP contribution in [-0.2, 0) is 15.3 Å². The molecule has 0 saturated heterocycles. The second-order valence-corrected chi connectivity index (χ2v) is 8.19. The molecule has 0 unspecified atom stereocenters. The molecule has 0 amide bonds. The summed E-state index contributed by atoms with van der Waals surface area (Å²) >= 11 is 0. The predicted molar refractivity (Wildman–Crippen MR) is 90.5 cm³/mol. The van der Waals surface area contributed by atoms with E-state index in [4.69, 9.17) is 0 Å². The Hall–Kier alpha value is -2.05. The van der Waals surface area contributed by atoms with E-state index in [1.54, 1.807) is 12.1 Å². The zero-order valence-corrected chi connectivity index (χ0v) is 13.9. The molecule has 3 heteroatoms. The zero-order valence-electron chi connectivity index (χ0n) is 13.1. The minimum atomic E-state index is -3.37. The third kappa shape index (κ3) is 4.22. The van der Waals surface area contributed by atoms with E-state index in [0.29, 0.717) is 4.90 Å². The largest absolute Gasteiger partial charge is 0.223 e. The Labute approximate surface area is 133 Å². The molecule has 0 saturated carbocycles. The number of rotatable bonds is 2. The molecule has 0 N–H and O–H groups in total. The highest BCUT2D eigenvalue weighted by Crippen LogP contribution is 2.23. The first kappa shape index (κ1) is 16.3. The molecule has 22 heavy (non-hydrogen) atoms. The van der Waals surface area contributed by atoms with Crippen molar-refractivity contribution in [2.45, 2.75) is 31.1 Å². The van der Waals surface area contributed by atoms with Gasteiger partial charge in [-0.05, 0) is 35.2 Å². The van der Waals surface area contributed by atoms with Crippen molar-refractivity contribution in [2.75, 3.05) is 5.75 Å². The van der Waals surface area contributed by atoms with Crippen molar-refractivity contribution in [2.24, 2.45) is 0 Å². The summed E-state index contributed by atoms with van der Waals surface area (Å²) in [6.07, 6.45) is 0. The van der Waals surface area contributed by atoms with Gasteiger partial charge in [0.15, 0.2) is 9.84 Å². The van der Waals surface area contributed by atoms with Crippen LogP contribution in [0.15, 0.2) is 59.5 Å².